The molecule has 0 spiro atoms. The van der Waals surface area contributed by atoms with Gasteiger partial charge in [-0.1, -0.05) is 82.9 Å². The molecule has 138 valence electrons. The third-order valence-corrected chi connectivity index (χ3v) is 5.09. The molecule has 1 rings (SSSR count). The Kier molecular flexibility index (Phi) is 14.7. The highest BCUT2D eigenvalue weighted by atomic mass is 32.2. The van der Waals surface area contributed by atoms with Crippen LogP contribution in [-0.2, 0) is 14.3 Å². The summed E-state index contributed by atoms with van der Waals surface area (Å²) >= 11 is 0. The molecule has 0 radical (unpaired) electrons. The van der Waals surface area contributed by atoms with Crippen LogP contribution in [-0.4, -0.2) is 15.0 Å². The Labute approximate surface area is 149 Å². The fraction of sp³-hybridized carbons (Fsp3) is 0.600. The second-order valence-electron chi connectivity index (χ2n) is 5.77. The number of unbranched alkanes of at least 4 members (excludes halogenated alkanes) is 9. The highest BCUT2D eigenvalue weighted by Crippen LogP contribution is 2.13. The van der Waals surface area contributed by atoms with Crippen molar-refractivity contribution in [2.24, 2.45) is 0 Å². The lowest BCUT2D eigenvalue weighted by Gasteiger charge is -2.05. The summed E-state index contributed by atoms with van der Waals surface area (Å²) in [7, 11) is -3.57. The normalized spacial score (nSPS) is 10.9. The van der Waals surface area contributed by atoms with Gasteiger partial charge in [-0.3, -0.25) is 4.18 Å². The Morgan fingerprint density at radius 1 is 0.792 bits per heavy atom. The fourth-order valence-corrected chi connectivity index (χ4v) is 3.38. The summed E-state index contributed by atoms with van der Waals surface area (Å²) in [4.78, 5) is 0.238. The molecule has 0 aliphatic carbocycles. The van der Waals surface area contributed by atoms with Crippen molar-refractivity contribution < 1.29 is 12.6 Å². The third-order valence-electron chi connectivity index (χ3n) is 3.77. The van der Waals surface area contributed by atoms with E-state index in [1.807, 2.05) is 0 Å². The van der Waals surface area contributed by atoms with E-state index < -0.39 is 10.1 Å². The number of benzene rings is 1. The number of rotatable bonds is 13. The molecule has 0 amide bonds. The van der Waals surface area contributed by atoms with Crippen LogP contribution in [0, 0.1) is 0 Å². The molecule has 1 aromatic rings. The molecule has 0 aliphatic rings. The molecule has 0 aromatic heterocycles. The lowest BCUT2D eigenvalue weighted by molar-refractivity contribution is 0.306. The number of hydrogen-bond acceptors (Lipinski definition) is 3. The minimum Gasteiger partial charge on any atom is -0.266 e. The van der Waals surface area contributed by atoms with Crippen molar-refractivity contribution in [2.75, 3.05) is 6.61 Å². The zero-order valence-corrected chi connectivity index (χ0v) is 16.0. The van der Waals surface area contributed by atoms with Crippen LogP contribution in [0.25, 0.3) is 0 Å². The van der Waals surface area contributed by atoms with Gasteiger partial charge < -0.3 is 0 Å². The van der Waals surface area contributed by atoms with Crippen LogP contribution in [0.3, 0.4) is 0 Å². The molecule has 24 heavy (non-hydrogen) atoms. The van der Waals surface area contributed by atoms with Gasteiger partial charge in [0.2, 0.25) is 0 Å². The highest BCUT2D eigenvalue weighted by Gasteiger charge is 2.13. The molecule has 0 unspecified atom stereocenters. The van der Waals surface area contributed by atoms with E-state index >= 15 is 0 Å². The first kappa shape index (κ1) is 22.9. The van der Waals surface area contributed by atoms with Gasteiger partial charge in [-0.25, -0.2) is 0 Å². The van der Waals surface area contributed by atoms with Gasteiger partial charge >= 0.3 is 0 Å². The van der Waals surface area contributed by atoms with Gasteiger partial charge in [0.1, 0.15) is 0 Å². The van der Waals surface area contributed by atoms with Gasteiger partial charge in [0.25, 0.3) is 10.1 Å². The first-order valence-electron chi connectivity index (χ1n) is 9.11. The van der Waals surface area contributed by atoms with Crippen LogP contribution in [0.15, 0.2) is 48.4 Å². The smallest absolute Gasteiger partial charge is 0.266 e. The molecule has 0 bridgehead atoms. The minimum atomic E-state index is -3.57. The number of hydrogen-bond donors (Lipinski definition) is 0. The molecule has 0 saturated heterocycles. The minimum absolute atomic E-state index is 0.238. The molecule has 0 heterocycles. The molecule has 0 N–H and O–H groups in total. The molecular weight excluding hydrogens is 320 g/mol. The van der Waals surface area contributed by atoms with Crippen molar-refractivity contribution in [1.29, 1.82) is 0 Å². The van der Waals surface area contributed by atoms with Crippen LogP contribution in [0.2, 0.25) is 0 Å². The average molecular weight is 355 g/mol. The van der Waals surface area contributed by atoms with Crippen molar-refractivity contribution in [2.45, 2.75) is 76.0 Å². The van der Waals surface area contributed by atoms with Gasteiger partial charge in [0, 0.05) is 0 Å². The van der Waals surface area contributed by atoms with E-state index in [1.165, 1.54) is 51.4 Å². The molecule has 0 saturated carbocycles. The van der Waals surface area contributed by atoms with E-state index in [9.17, 15) is 8.42 Å². The summed E-state index contributed by atoms with van der Waals surface area (Å²) in [6.45, 7) is 8.52. The maximum atomic E-state index is 11.9. The van der Waals surface area contributed by atoms with E-state index in [0.717, 1.165) is 12.8 Å². The van der Waals surface area contributed by atoms with Gasteiger partial charge in [0.15, 0.2) is 0 Å². The van der Waals surface area contributed by atoms with E-state index in [0.29, 0.717) is 0 Å². The summed E-state index contributed by atoms with van der Waals surface area (Å²) < 4.78 is 28.8. The largest absolute Gasteiger partial charge is 0.296 e. The van der Waals surface area contributed by atoms with Crippen molar-refractivity contribution >= 4 is 10.1 Å². The Hall–Kier alpha value is -1.13. The molecule has 3 nitrogen and oxygen atoms in total. The lowest BCUT2D eigenvalue weighted by atomic mass is 10.1. The predicted molar refractivity (Wildman–Crippen MR) is 103 cm³/mol. The maximum absolute atomic E-state index is 11.9. The second kappa shape index (κ2) is 15.4. The van der Waals surface area contributed by atoms with Crippen LogP contribution in [0.1, 0.15) is 71.1 Å². The van der Waals surface area contributed by atoms with E-state index in [1.54, 1.807) is 30.3 Å². The van der Waals surface area contributed by atoms with E-state index in [2.05, 4.69) is 20.1 Å². The molecule has 0 atom stereocenters. The molecule has 4 heteroatoms. The summed E-state index contributed by atoms with van der Waals surface area (Å²) in [5.41, 5.74) is 0. The standard InChI is InChI=1S/C18H30O3S.C2H4/c1-2-3-4-5-6-7-8-9-10-14-17-21-22(19,20)18-15-12-11-13-16-18;1-2/h11-13,15-16H,2-10,14,17H2,1H3;1-2H2. The first-order chi connectivity index (χ1) is 11.7. The van der Waals surface area contributed by atoms with Gasteiger partial charge in [0.05, 0.1) is 11.5 Å². The Morgan fingerprint density at radius 3 is 1.75 bits per heavy atom. The lowest BCUT2D eigenvalue weighted by Crippen LogP contribution is -2.07. The zero-order chi connectivity index (χ0) is 18.1. The zero-order valence-electron chi connectivity index (χ0n) is 15.2. The summed E-state index contributed by atoms with van der Waals surface area (Å²) in [6.07, 6.45) is 12.3. The monoisotopic (exact) mass is 354 g/mol. The first-order valence-corrected chi connectivity index (χ1v) is 10.5. The fourth-order valence-electron chi connectivity index (χ4n) is 2.41. The van der Waals surface area contributed by atoms with Crippen molar-refractivity contribution in [3.8, 4) is 0 Å². The predicted octanol–water partition coefficient (Wildman–Crippen LogP) is 6.12. The summed E-state index contributed by atoms with van der Waals surface area (Å²) in [5.74, 6) is 0. The van der Waals surface area contributed by atoms with Crippen LogP contribution >= 0.6 is 0 Å². The topological polar surface area (TPSA) is 43.4 Å². The van der Waals surface area contributed by atoms with Crippen molar-refractivity contribution in [3.63, 3.8) is 0 Å². The third kappa shape index (κ3) is 11.4. The van der Waals surface area contributed by atoms with Crippen molar-refractivity contribution in [1.82, 2.24) is 0 Å². The maximum Gasteiger partial charge on any atom is 0.296 e. The van der Waals surface area contributed by atoms with Gasteiger partial charge in [-0.05, 0) is 18.6 Å². The van der Waals surface area contributed by atoms with E-state index in [4.69, 9.17) is 4.18 Å². The second-order valence-corrected chi connectivity index (χ2v) is 7.39. The molecule has 1 aromatic carbocycles. The quantitative estimate of drug-likeness (QED) is 0.244. The van der Waals surface area contributed by atoms with Crippen molar-refractivity contribution in [3.05, 3.63) is 43.5 Å². The molecule has 0 fully saturated rings. The molecule has 0 aliphatic heterocycles. The van der Waals surface area contributed by atoms with Crippen LogP contribution < -0.4 is 0 Å². The van der Waals surface area contributed by atoms with Gasteiger partial charge in [-0.2, -0.15) is 8.42 Å². The highest BCUT2D eigenvalue weighted by molar-refractivity contribution is 7.86. The summed E-state index contributed by atoms with van der Waals surface area (Å²) in [6, 6.07) is 8.33. The van der Waals surface area contributed by atoms with Crippen LogP contribution in [0.4, 0.5) is 0 Å². The Balaban J connectivity index is 0.00000254. The Morgan fingerprint density at radius 2 is 1.25 bits per heavy atom. The molecular formula is C20H34O3S. The average Bonchev–Trinajstić information content (AvgIpc) is 2.62. The summed E-state index contributed by atoms with van der Waals surface area (Å²) in [5, 5.41) is 0. The van der Waals surface area contributed by atoms with Gasteiger partial charge in [-0.15, -0.1) is 13.2 Å². The van der Waals surface area contributed by atoms with Crippen LogP contribution in [0.5, 0.6) is 0 Å². The van der Waals surface area contributed by atoms with E-state index in [-0.39, 0.29) is 11.5 Å². The Bertz CT molecular complexity index is 483. The SMILES string of the molecule is C=C.CCCCCCCCCCCCOS(=O)(=O)c1ccccc1.